The summed E-state index contributed by atoms with van der Waals surface area (Å²) in [4.78, 5) is 12.3. The van der Waals surface area contributed by atoms with Crippen molar-refractivity contribution in [1.82, 2.24) is 9.73 Å². The average Bonchev–Trinajstić information content (AvgIpc) is 2.72. The molecule has 0 aromatic heterocycles. The number of rotatable bonds is 5. The summed E-state index contributed by atoms with van der Waals surface area (Å²) < 4.78 is 77.7. The van der Waals surface area contributed by atoms with Gasteiger partial charge in [0.15, 0.2) is 0 Å². The van der Waals surface area contributed by atoms with E-state index < -0.39 is 39.4 Å². The molecule has 2 aromatic rings. The Hall–Kier alpha value is -2.66. The number of alkyl halides is 3. The van der Waals surface area contributed by atoms with E-state index in [1.165, 1.54) is 28.6 Å². The van der Waals surface area contributed by atoms with Gasteiger partial charge in [-0.25, -0.2) is 12.8 Å². The molecule has 1 amide bonds. The van der Waals surface area contributed by atoms with Crippen LogP contribution in [0.25, 0.3) is 0 Å². The number of carbonyl (C=O) groups is 1. The van der Waals surface area contributed by atoms with Gasteiger partial charge in [-0.3, -0.25) is 15.6 Å². The van der Waals surface area contributed by atoms with Crippen molar-refractivity contribution in [3.05, 3.63) is 59.9 Å². The van der Waals surface area contributed by atoms with Crippen LogP contribution < -0.4 is 10.9 Å². The van der Waals surface area contributed by atoms with Crippen LogP contribution in [0.1, 0.15) is 18.4 Å². The number of hydrazine groups is 1. The van der Waals surface area contributed by atoms with Crippen LogP contribution in [0.5, 0.6) is 0 Å². The van der Waals surface area contributed by atoms with E-state index in [0.717, 1.165) is 24.3 Å². The smallest absolute Gasteiger partial charge is 0.299 e. The molecule has 3 rings (SSSR count). The largest absolute Gasteiger partial charge is 0.416 e. The maximum Gasteiger partial charge on any atom is 0.416 e. The van der Waals surface area contributed by atoms with Gasteiger partial charge in [0.2, 0.25) is 15.9 Å². The number of amides is 1. The summed E-state index contributed by atoms with van der Waals surface area (Å²) >= 11 is 0. The molecule has 2 aromatic carbocycles. The minimum absolute atomic E-state index is 0.0296. The Labute approximate surface area is 170 Å². The average molecular weight is 445 g/mol. The molecule has 0 unspecified atom stereocenters. The summed E-state index contributed by atoms with van der Waals surface area (Å²) in [6.45, 7) is 0.197. The first-order valence-corrected chi connectivity index (χ1v) is 10.5. The quantitative estimate of drug-likeness (QED) is 0.546. The molecule has 0 radical (unpaired) electrons. The zero-order valence-corrected chi connectivity index (χ0v) is 16.4. The molecule has 0 aliphatic carbocycles. The predicted octanol–water partition coefficient (Wildman–Crippen LogP) is 3.39. The van der Waals surface area contributed by atoms with Gasteiger partial charge in [0, 0.05) is 19.0 Å². The van der Waals surface area contributed by atoms with Crippen LogP contribution in [0, 0.1) is 11.7 Å². The summed E-state index contributed by atoms with van der Waals surface area (Å²) in [6, 6.07) is 8.88. The number of sulfonamides is 1. The molecular weight excluding hydrogens is 426 g/mol. The van der Waals surface area contributed by atoms with Gasteiger partial charge < -0.3 is 0 Å². The second kappa shape index (κ2) is 8.60. The van der Waals surface area contributed by atoms with Crippen LogP contribution in [0.3, 0.4) is 0 Å². The maximum atomic E-state index is 13.0. The molecule has 1 heterocycles. The van der Waals surface area contributed by atoms with Crippen LogP contribution in [-0.4, -0.2) is 31.7 Å². The third-order valence-corrected chi connectivity index (χ3v) is 6.71. The van der Waals surface area contributed by atoms with Gasteiger partial charge >= 0.3 is 6.18 Å². The van der Waals surface area contributed by atoms with Crippen LogP contribution in [-0.2, 0) is 21.0 Å². The molecule has 2 N–H and O–H groups in total. The van der Waals surface area contributed by atoms with Crippen LogP contribution in [0.15, 0.2) is 53.4 Å². The lowest BCUT2D eigenvalue weighted by molar-refractivity contribution is -0.137. The first-order chi connectivity index (χ1) is 14.1. The molecule has 1 aliphatic heterocycles. The summed E-state index contributed by atoms with van der Waals surface area (Å²) in [5.74, 6) is -1.48. The van der Waals surface area contributed by atoms with Crippen LogP contribution >= 0.6 is 0 Å². The van der Waals surface area contributed by atoms with Crippen LogP contribution in [0.4, 0.5) is 23.2 Å². The highest BCUT2D eigenvalue weighted by Crippen LogP contribution is 2.30. The van der Waals surface area contributed by atoms with Crippen LogP contribution in [0.2, 0.25) is 0 Å². The fraction of sp³-hybridized carbons (Fsp3) is 0.316. The van der Waals surface area contributed by atoms with E-state index in [-0.39, 0.29) is 36.5 Å². The van der Waals surface area contributed by atoms with Crippen molar-refractivity contribution in [1.29, 1.82) is 0 Å². The highest BCUT2D eigenvalue weighted by atomic mass is 32.2. The van der Waals surface area contributed by atoms with E-state index in [1.807, 2.05) is 0 Å². The normalized spacial score (nSPS) is 16.3. The minimum Gasteiger partial charge on any atom is -0.299 e. The zero-order valence-electron chi connectivity index (χ0n) is 15.6. The van der Waals surface area contributed by atoms with E-state index in [4.69, 9.17) is 0 Å². The fourth-order valence-electron chi connectivity index (χ4n) is 3.12. The number of nitrogens with one attached hydrogen (secondary N) is 2. The first kappa shape index (κ1) is 22.0. The Morgan fingerprint density at radius 1 is 1.03 bits per heavy atom. The lowest BCUT2D eigenvalue weighted by Gasteiger charge is -2.30. The molecule has 30 heavy (non-hydrogen) atoms. The van der Waals surface area contributed by atoms with Crippen molar-refractivity contribution in [2.45, 2.75) is 23.9 Å². The number of anilines is 1. The Kier molecular flexibility index (Phi) is 6.32. The first-order valence-electron chi connectivity index (χ1n) is 9.06. The Morgan fingerprint density at radius 3 is 2.27 bits per heavy atom. The number of piperidine rings is 1. The van der Waals surface area contributed by atoms with E-state index in [1.54, 1.807) is 0 Å². The number of halogens is 4. The molecule has 0 atom stereocenters. The standard InChI is InChI=1S/C19H19F4N3O3S/c20-15-4-6-17(7-5-15)30(28,29)26-10-8-13(9-11-26)18(27)25-24-16-3-1-2-14(12-16)19(21,22)23/h1-7,12-13,24H,8-11H2,(H,25,27). The highest BCUT2D eigenvalue weighted by molar-refractivity contribution is 7.89. The molecule has 0 bridgehead atoms. The third kappa shape index (κ3) is 5.08. The summed E-state index contributed by atoms with van der Waals surface area (Å²) in [5.41, 5.74) is 4.06. The van der Waals surface area contributed by atoms with E-state index in [2.05, 4.69) is 10.9 Å². The number of benzene rings is 2. The predicted molar refractivity (Wildman–Crippen MR) is 101 cm³/mol. The zero-order chi connectivity index (χ0) is 21.9. The summed E-state index contributed by atoms with van der Waals surface area (Å²) in [6.07, 6.45) is -4.00. The second-order valence-electron chi connectivity index (χ2n) is 6.83. The SMILES string of the molecule is O=C(NNc1cccc(C(F)(F)F)c1)C1CCN(S(=O)(=O)c2ccc(F)cc2)CC1. The lowest BCUT2D eigenvalue weighted by Crippen LogP contribution is -2.44. The van der Waals surface area contributed by atoms with E-state index in [0.29, 0.717) is 0 Å². The summed E-state index contributed by atoms with van der Waals surface area (Å²) in [7, 11) is -3.79. The van der Waals surface area contributed by atoms with Gasteiger partial charge in [0.25, 0.3) is 0 Å². The maximum absolute atomic E-state index is 13.0. The Bertz CT molecular complexity index is 1000. The van der Waals surface area contributed by atoms with Crippen molar-refractivity contribution in [3.8, 4) is 0 Å². The molecule has 6 nitrogen and oxygen atoms in total. The highest BCUT2D eigenvalue weighted by Gasteiger charge is 2.32. The Balaban J connectivity index is 1.55. The molecule has 1 aliphatic rings. The number of hydrogen-bond donors (Lipinski definition) is 2. The second-order valence-corrected chi connectivity index (χ2v) is 8.76. The van der Waals surface area contributed by atoms with Crippen molar-refractivity contribution in [3.63, 3.8) is 0 Å². The molecule has 1 fully saturated rings. The van der Waals surface area contributed by atoms with Gasteiger partial charge in [-0.05, 0) is 55.3 Å². The van der Waals surface area contributed by atoms with E-state index >= 15 is 0 Å². The topological polar surface area (TPSA) is 78.5 Å². The monoisotopic (exact) mass is 445 g/mol. The molecule has 11 heteroatoms. The number of hydrogen-bond acceptors (Lipinski definition) is 4. The third-order valence-electron chi connectivity index (χ3n) is 4.80. The molecular formula is C19H19F4N3O3S. The lowest BCUT2D eigenvalue weighted by atomic mass is 9.98. The fourth-order valence-corrected chi connectivity index (χ4v) is 4.59. The minimum atomic E-state index is -4.50. The van der Waals surface area contributed by atoms with Gasteiger partial charge in [-0.1, -0.05) is 6.07 Å². The van der Waals surface area contributed by atoms with Crippen molar-refractivity contribution in [2.24, 2.45) is 5.92 Å². The molecule has 0 spiro atoms. The van der Waals surface area contributed by atoms with Crippen molar-refractivity contribution < 1.29 is 30.8 Å². The Morgan fingerprint density at radius 2 is 1.67 bits per heavy atom. The number of carbonyl (C=O) groups excluding carboxylic acids is 1. The molecule has 162 valence electrons. The summed E-state index contributed by atoms with van der Waals surface area (Å²) in [5, 5.41) is 0. The van der Waals surface area contributed by atoms with Gasteiger partial charge in [-0.15, -0.1) is 0 Å². The molecule has 1 saturated heterocycles. The van der Waals surface area contributed by atoms with Gasteiger partial charge in [0.05, 0.1) is 16.1 Å². The van der Waals surface area contributed by atoms with Crippen molar-refractivity contribution in [2.75, 3.05) is 18.5 Å². The van der Waals surface area contributed by atoms with Crippen molar-refractivity contribution >= 4 is 21.6 Å². The number of nitrogens with zero attached hydrogens (tertiary/aromatic N) is 1. The van der Waals surface area contributed by atoms with E-state index in [9.17, 15) is 30.8 Å². The van der Waals surface area contributed by atoms with Gasteiger partial charge in [-0.2, -0.15) is 17.5 Å². The van der Waals surface area contributed by atoms with Gasteiger partial charge in [0.1, 0.15) is 5.82 Å². The molecule has 0 saturated carbocycles.